The third kappa shape index (κ3) is 2.58. The number of rotatable bonds is 4. The molecular weight excluding hydrogens is 302 g/mol. The van der Waals surface area contributed by atoms with Gasteiger partial charge in [0.1, 0.15) is 0 Å². The smallest absolute Gasteiger partial charge is 0.260 e. The fourth-order valence-electron chi connectivity index (χ4n) is 2.89. The van der Waals surface area contributed by atoms with Crippen LogP contribution in [-0.2, 0) is 6.54 Å². The summed E-state index contributed by atoms with van der Waals surface area (Å²) in [5.41, 5.74) is 4.87. The van der Waals surface area contributed by atoms with E-state index in [4.69, 9.17) is 4.74 Å². The Balaban J connectivity index is 2.02. The second kappa shape index (κ2) is 6.28. The van der Waals surface area contributed by atoms with Gasteiger partial charge in [-0.2, -0.15) is 0 Å². The number of hydrogen-bond donors (Lipinski definition) is 0. The number of amides is 1. The molecule has 5 heteroatoms. The SMILES string of the molecule is C=C/C(=C\C)N1Cc2nc(-c3ccc(OC)nc3)cc(C)c2C1=O. The summed E-state index contributed by atoms with van der Waals surface area (Å²) in [7, 11) is 1.58. The highest BCUT2D eigenvalue weighted by Crippen LogP contribution is 2.31. The van der Waals surface area contributed by atoms with Crippen molar-refractivity contribution < 1.29 is 9.53 Å². The Morgan fingerprint density at radius 3 is 2.79 bits per heavy atom. The van der Waals surface area contributed by atoms with Crippen LogP contribution in [-0.4, -0.2) is 27.9 Å². The van der Waals surface area contributed by atoms with E-state index in [-0.39, 0.29) is 5.91 Å². The molecule has 0 spiro atoms. The van der Waals surface area contributed by atoms with Gasteiger partial charge in [0.05, 0.1) is 30.6 Å². The van der Waals surface area contributed by atoms with Crippen LogP contribution in [0.25, 0.3) is 11.3 Å². The van der Waals surface area contributed by atoms with Gasteiger partial charge in [0.2, 0.25) is 5.88 Å². The lowest BCUT2D eigenvalue weighted by molar-refractivity contribution is 0.0830. The van der Waals surface area contributed by atoms with E-state index in [1.54, 1.807) is 30.3 Å². The molecule has 3 rings (SSSR count). The van der Waals surface area contributed by atoms with E-state index in [1.807, 2.05) is 32.1 Å². The third-order valence-electron chi connectivity index (χ3n) is 4.12. The molecule has 1 aliphatic heterocycles. The molecule has 3 heterocycles. The van der Waals surface area contributed by atoms with Gasteiger partial charge in [0, 0.05) is 23.5 Å². The molecule has 2 aromatic rings. The second-order valence-corrected chi connectivity index (χ2v) is 5.54. The summed E-state index contributed by atoms with van der Waals surface area (Å²) in [6.45, 7) is 8.06. The Bertz CT molecular complexity index is 838. The molecule has 5 nitrogen and oxygen atoms in total. The van der Waals surface area contributed by atoms with Crippen LogP contribution < -0.4 is 4.74 Å². The van der Waals surface area contributed by atoms with Crippen LogP contribution in [0.1, 0.15) is 28.5 Å². The minimum atomic E-state index is -0.0256. The Kier molecular flexibility index (Phi) is 4.16. The van der Waals surface area contributed by atoms with Gasteiger partial charge < -0.3 is 9.64 Å². The minimum absolute atomic E-state index is 0.0256. The second-order valence-electron chi connectivity index (χ2n) is 5.54. The van der Waals surface area contributed by atoms with Crippen LogP contribution in [0, 0.1) is 6.92 Å². The lowest BCUT2D eigenvalue weighted by Gasteiger charge is -2.15. The molecule has 0 bridgehead atoms. The molecule has 0 saturated carbocycles. The van der Waals surface area contributed by atoms with Crippen LogP contribution in [0.2, 0.25) is 0 Å². The van der Waals surface area contributed by atoms with E-state index in [9.17, 15) is 4.79 Å². The lowest BCUT2D eigenvalue weighted by atomic mass is 10.1. The first kappa shape index (κ1) is 15.9. The molecule has 0 N–H and O–H groups in total. The Hall–Kier alpha value is -2.95. The normalized spacial score (nSPS) is 13.9. The molecule has 2 aromatic heterocycles. The summed E-state index contributed by atoms with van der Waals surface area (Å²) in [6.07, 6.45) is 5.29. The van der Waals surface area contributed by atoms with Crippen molar-refractivity contribution in [2.24, 2.45) is 0 Å². The number of aryl methyl sites for hydroxylation is 1. The number of hydrogen-bond acceptors (Lipinski definition) is 4. The molecule has 24 heavy (non-hydrogen) atoms. The summed E-state index contributed by atoms with van der Waals surface area (Å²) in [4.78, 5) is 23.3. The van der Waals surface area contributed by atoms with E-state index in [1.165, 1.54) is 0 Å². The largest absolute Gasteiger partial charge is 0.481 e. The molecule has 0 unspecified atom stereocenters. The van der Waals surface area contributed by atoms with Crippen molar-refractivity contribution in [3.05, 3.63) is 65.6 Å². The first-order valence-corrected chi connectivity index (χ1v) is 7.70. The van der Waals surface area contributed by atoms with E-state index in [0.717, 1.165) is 28.2 Å². The van der Waals surface area contributed by atoms with Crippen molar-refractivity contribution in [1.82, 2.24) is 14.9 Å². The summed E-state index contributed by atoms with van der Waals surface area (Å²) in [6, 6.07) is 5.63. The van der Waals surface area contributed by atoms with Gasteiger partial charge in [-0.15, -0.1) is 0 Å². The third-order valence-corrected chi connectivity index (χ3v) is 4.12. The highest BCUT2D eigenvalue weighted by atomic mass is 16.5. The van der Waals surface area contributed by atoms with Gasteiger partial charge >= 0.3 is 0 Å². The van der Waals surface area contributed by atoms with Crippen LogP contribution in [0.3, 0.4) is 0 Å². The Morgan fingerprint density at radius 1 is 1.42 bits per heavy atom. The average Bonchev–Trinajstić information content (AvgIpc) is 2.93. The van der Waals surface area contributed by atoms with Gasteiger partial charge in [-0.1, -0.05) is 12.7 Å². The molecule has 0 atom stereocenters. The molecule has 122 valence electrons. The van der Waals surface area contributed by atoms with Gasteiger partial charge in [-0.05, 0) is 37.6 Å². The van der Waals surface area contributed by atoms with Crippen molar-refractivity contribution in [2.45, 2.75) is 20.4 Å². The van der Waals surface area contributed by atoms with Crippen LogP contribution in [0.5, 0.6) is 5.88 Å². The number of fused-ring (bicyclic) bond motifs is 1. The Morgan fingerprint density at radius 2 is 2.21 bits per heavy atom. The van der Waals surface area contributed by atoms with E-state index < -0.39 is 0 Å². The van der Waals surface area contributed by atoms with Crippen molar-refractivity contribution in [3.63, 3.8) is 0 Å². The van der Waals surface area contributed by atoms with Crippen molar-refractivity contribution >= 4 is 5.91 Å². The maximum Gasteiger partial charge on any atom is 0.260 e. The summed E-state index contributed by atoms with van der Waals surface area (Å²) in [5.74, 6) is 0.532. The maximum absolute atomic E-state index is 12.7. The van der Waals surface area contributed by atoms with Crippen LogP contribution >= 0.6 is 0 Å². The zero-order valence-electron chi connectivity index (χ0n) is 14.0. The Labute approximate surface area is 141 Å². The first-order chi connectivity index (χ1) is 11.6. The van der Waals surface area contributed by atoms with Gasteiger partial charge in [-0.25, -0.2) is 4.98 Å². The molecule has 1 amide bonds. The molecule has 0 saturated heterocycles. The fraction of sp³-hybridized carbons (Fsp3) is 0.211. The summed E-state index contributed by atoms with van der Waals surface area (Å²) < 4.78 is 5.08. The fourth-order valence-corrected chi connectivity index (χ4v) is 2.89. The zero-order chi connectivity index (χ0) is 17.3. The van der Waals surface area contributed by atoms with Crippen molar-refractivity contribution in [2.75, 3.05) is 7.11 Å². The number of allylic oxidation sites excluding steroid dienone is 2. The average molecular weight is 321 g/mol. The number of methoxy groups -OCH3 is 1. The molecule has 0 aliphatic carbocycles. The first-order valence-electron chi connectivity index (χ1n) is 7.70. The number of ether oxygens (including phenoxy) is 1. The highest BCUT2D eigenvalue weighted by Gasteiger charge is 2.32. The predicted octanol–water partition coefficient (Wildman–Crippen LogP) is 3.51. The lowest BCUT2D eigenvalue weighted by Crippen LogP contribution is -2.22. The quantitative estimate of drug-likeness (QED) is 0.809. The number of nitrogens with zero attached hydrogens (tertiary/aromatic N) is 3. The molecule has 0 radical (unpaired) electrons. The number of carbonyl (C=O) groups excluding carboxylic acids is 1. The van der Waals surface area contributed by atoms with Gasteiger partial charge in [-0.3, -0.25) is 9.78 Å². The van der Waals surface area contributed by atoms with Crippen molar-refractivity contribution in [1.29, 1.82) is 0 Å². The highest BCUT2D eigenvalue weighted by molar-refractivity contribution is 6.00. The molecular formula is C19H19N3O2. The van der Waals surface area contributed by atoms with Crippen LogP contribution in [0.4, 0.5) is 0 Å². The maximum atomic E-state index is 12.7. The number of pyridine rings is 2. The monoisotopic (exact) mass is 321 g/mol. The number of aromatic nitrogens is 2. The van der Waals surface area contributed by atoms with E-state index >= 15 is 0 Å². The minimum Gasteiger partial charge on any atom is -0.481 e. The van der Waals surface area contributed by atoms with Gasteiger partial charge in [0.25, 0.3) is 5.91 Å². The molecule has 1 aliphatic rings. The summed E-state index contributed by atoms with van der Waals surface area (Å²) >= 11 is 0. The number of carbonyl (C=O) groups is 1. The van der Waals surface area contributed by atoms with Crippen LogP contribution in [0.15, 0.2) is 48.8 Å². The standard InChI is InChI=1S/C19H19N3O2/c1-5-14(6-2)22-11-16-18(19(22)23)12(3)9-15(21-16)13-7-8-17(24-4)20-10-13/h5-10H,1,11H2,2-4H3/b14-6+. The van der Waals surface area contributed by atoms with E-state index in [2.05, 4.69) is 16.5 Å². The van der Waals surface area contributed by atoms with E-state index in [0.29, 0.717) is 18.0 Å². The van der Waals surface area contributed by atoms with Gasteiger partial charge in [0.15, 0.2) is 0 Å². The predicted molar refractivity (Wildman–Crippen MR) is 92.6 cm³/mol. The summed E-state index contributed by atoms with van der Waals surface area (Å²) in [5, 5.41) is 0. The molecule has 0 fully saturated rings. The zero-order valence-corrected chi connectivity index (χ0v) is 14.0. The topological polar surface area (TPSA) is 55.3 Å². The van der Waals surface area contributed by atoms with Crippen molar-refractivity contribution in [3.8, 4) is 17.1 Å². The molecule has 0 aromatic carbocycles.